The Morgan fingerprint density at radius 1 is 1.45 bits per heavy atom. The van der Waals surface area contributed by atoms with Crippen molar-refractivity contribution in [2.24, 2.45) is 0 Å². The molecule has 2 heterocycles. The molecule has 0 atom stereocenters. The Bertz CT molecular complexity index is 394. The number of aromatic hydroxyl groups is 1. The second kappa shape index (κ2) is 1.91. The predicted octanol–water partition coefficient (Wildman–Crippen LogP) is 0.138. The number of rotatable bonds is 0. The molecule has 0 unspecified atom stereocenters. The molecule has 0 aliphatic rings. The lowest BCUT2D eigenvalue weighted by atomic mass is 10.3. The summed E-state index contributed by atoms with van der Waals surface area (Å²) in [6.45, 7) is 1.87. The molecule has 0 bridgehead atoms. The second-order valence-corrected chi connectivity index (χ2v) is 2.34. The highest BCUT2D eigenvalue weighted by atomic mass is 16.3. The van der Waals surface area contributed by atoms with Crippen LogP contribution in [-0.2, 0) is 0 Å². The van der Waals surface area contributed by atoms with E-state index < -0.39 is 0 Å². The number of fused-ring (bicyclic) bond motifs is 1. The maximum atomic E-state index is 9.26. The molecule has 2 rings (SSSR count). The van der Waals surface area contributed by atoms with E-state index in [4.69, 9.17) is 0 Å². The van der Waals surface area contributed by atoms with Crippen LogP contribution in [0.15, 0.2) is 12.1 Å². The Hall–Kier alpha value is -1.65. The third-order valence-corrected chi connectivity index (χ3v) is 1.42. The molecule has 56 valence electrons. The zero-order valence-corrected chi connectivity index (χ0v) is 5.89. The molecule has 0 aliphatic carbocycles. The normalized spacial score (nSPS) is 10.6. The molecule has 0 fully saturated rings. The van der Waals surface area contributed by atoms with Crippen LogP contribution in [0.25, 0.3) is 5.65 Å². The first-order chi connectivity index (χ1) is 5.27. The largest absolute Gasteiger partial charge is 0.493 e. The quantitative estimate of drug-likeness (QED) is 0.580. The van der Waals surface area contributed by atoms with Crippen LogP contribution in [0.5, 0.6) is 5.88 Å². The first-order valence-electron chi connectivity index (χ1n) is 3.15. The third kappa shape index (κ3) is 0.813. The van der Waals surface area contributed by atoms with Gasteiger partial charge >= 0.3 is 0 Å². The van der Waals surface area contributed by atoms with Gasteiger partial charge in [-0.15, -0.1) is 5.10 Å². The van der Waals surface area contributed by atoms with E-state index in [2.05, 4.69) is 15.5 Å². The van der Waals surface area contributed by atoms with E-state index in [0.29, 0.717) is 5.65 Å². The summed E-state index contributed by atoms with van der Waals surface area (Å²) in [7, 11) is 0. The molecule has 0 spiro atoms. The number of hydrogen-bond acceptors (Lipinski definition) is 4. The summed E-state index contributed by atoms with van der Waals surface area (Å²) in [5.41, 5.74) is 1.49. The van der Waals surface area contributed by atoms with Gasteiger partial charge in [-0.1, -0.05) is 0 Å². The average molecular weight is 150 g/mol. The standard InChI is InChI=1S/C6H6N4O/c1-4-2-5-7-8-9-10(5)6(11)3-4/h2-3,11H,1H3. The Balaban J connectivity index is 2.91. The number of pyridine rings is 1. The van der Waals surface area contributed by atoms with Crippen LogP contribution < -0.4 is 0 Å². The Morgan fingerprint density at radius 2 is 2.27 bits per heavy atom. The molecule has 0 radical (unpaired) electrons. The highest BCUT2D eigenvalue weighted by Crippen LogP contribution is 2.11. The fraction of sp³-hybridized carbons (Fsp3) is 0.167. The number of hydrogen-bond donors (Lipinski definition) is 1. The van der Waals surface area contributed by atoms with E-state index in [-0.39, 0.29) is 5.88 Å². The highest BCUT2D eigenvalue weighted by molar-refractivity contribution is 5.42. The van der Waals surface area contributed by atoms with Gasteiger partial charge in [0.25, 0.3) is 0 Å². The van der Waals surface area contributed by atoms with E-state index in [1.165, 1.54) is 4.52 Å². The summed E-state index contributed by atoms with van der Waals surface area (Å²) >= 11 is 0. The minimum atomic E-state index is 0.0602. The van der Waals surface area contributed by atoms with Crippen molar-refractivity contribution in [3.05, 3.63) is 17.7 Å². The topological polar surface area (TPSA) is 63.3 Å². The van der Waals surface area contributed by atoms with E-state index in [0.717, 1.165) is 5.56 Å². The third-order valence-electron chi connectivity index (χ3n) is 1.42. The number of aromatic nitrogens is 4. The SMILES string of the molecule is Cc1cc(O)n2nnnc2c1. The van der Waals surface area contributed by atoms with Crippen molar-refractivity contribution in [2.45, 2.75) is 6.92 Å². The molecule has 0 aromatic carbocycles. The fourth-order valence-electron chi connectivity index (χ4n) is 0.957. The number of nitrogens with zero attached hydrogens (tertiary/aromatic N) is 4. The van der Waals surface area contributed by atoms with Crippen LogP contribution in [0, 0.1) is 6.92 Å². The van der Waals surface area contributed by atoms with E-state index in [1.54, 1.807) is 12.1 Å². The molecule has 0 aliphatic heterocycles. The Labute approximate surface area is 62.3 Å². The van der Waals surface area contributed by atoms with E-state index in [9.17, 15) is 5.11 Å². The van der Waals surface area contributed by atoms with Gasteiger partial charge in [-0.05, 0) is 29.0 Å². The second-order valence-electron chi connectivity index (χ2n) is 2.34. The molecule has 11 heavy (non-hydrogen) atoms. The minimum absolute atomic E-state index is 0.0602. The summed E-state index contributed by atoms with van der Waals surface area (Å²) < 4.78 is 1.27. The lowest BCUT2D eigenvalue weighted by molar-refractivity contribution is 0.433. The summed E-state index contributed by atoms with van der Waals surface area (Å²) in [6, 6.07) is 3.39. The van der Waals surface area contributed by atoms with E-state index in [1.807, 2.05) is 6.92 Å². The minimum Gasteiger partial charge on any atom is -0.493 e. The highest BCUT2D eigenvalue weighted by Gasteiger charge is 2.01. The molecular formula is C6H6N4O. The van der Waals surface area contributed by atoms with Crippen LogP contribution in [0.2, 0.25) is 0 Å². The number of aryl methyl sites for hydroxylation is 1. The molecular weight excluding hydrogens is 144 g/mol. The van der Waals surface area contributed by atoms with Crippen LogP contribution in [0.4, 0.5) is 0 Å². The zero-order chi connectivity index (χ0) is 7.84. The van der Waals surface area contributed by atoms with Gasteiger partial charge in [-0.3, -0.25) is 0 Å². The monoisotopic (exact) mass is 150 g/mol. The molecule has 5 nitrogen and oxygen atoms in total. The maximum absolute atomic E-state index is 9.26. The van der Waals surface area contributed by atoms with Gasteiger partial charge in [0.15, 0.2) is 5.65 Å². The number of tetrazole rings is 1. The van der Waals surface area contributed by atoms with Crippen molar-refractivity contribution in [3.63, 3.8) is 0 Å². The molecule has 5 heteroatoms. The van der Waals surface area contributed by atoms with Crippen LogP contribution >= 0.6 is 0 Å². The zero-order valence-electron chi connectivity index (χ0n) is 5.89. The summed E-state index contributed by atoms with van der Waals surface area (Å²) in [5, 5.41) is 19.9. The molecule has 1 N–H and O–H groups in total. The van der Waals surface area contributed by atoms with Gasteiger partial charge in [0.1, 0.15) is 0 Å². The lowest BCUT2D eigenvalue weighted by Crippen LogP contribution is -1.89. The Kier molecular flexibility index (Phi) is 1.06. The van der Waals surface area contributed by atoms with Crippen molar-refractivity contribution >= 4 is 5.65 Å². The van der Waals surface area contributed by atoms with Gasteiger partial charge < -0.3 is 5.11 Å². The Morgan fingerprint density at radius 3 is 3.09 bits per heavy atom. The smallest absolute Gasteiger partial charge is 0.215 e. The molecule has 0 saturated carbocycles. The van der Waals surface area contributed by atoms with Crippen LogP contribution in [-0.4, -0.2) is 25.1 Å². The van der Waals surface area contributed by atoms with Crippen molar-refractivity contribution in [1.82, 2.24) is 20.0 Å². The fourth-order valence-corrected chi connectivity index (χ4v) is 0.957. The van der Waals surface area contributed by atoms with Gasteiger partial charge in [0.05, 0.1) is 0 Å². The van der Waals surface area contributed by atoms with Gasteiger partial charge in [-0.25, -0.2) is 0 Å². The summed E-state index contributed by atoms with van der Waals surface area (Å²) in [6.07, 6.45) is 0. The van der Waals surface area contributed by atoms with Crippen molar-refractivity contribution in [3.8, 4) is 5.88 Å². The van der Waals surface area contributed by atoms with Gasteiger partial charge in [0, 0.05) is 6.07 Å². The van der Waals surface area contributed by atoms with Gasteiger partial charge in [0.2, 0.25) is 5.88 Å². The maximum Gasteiger partial charge on any atom is 0.215 e. The van der Waals surface area contributed by atoms with Crippen molar-refractivity contribution < 1.29 is 5.11 Å². The first-order valence-corrected chi connectivity index (χ1v) is 3.15. The summed E-state index contributed by atoms with van der Waals surface area (Å²) in [4.78, 5) is 0. The molecule has 2 aromatic rings. The van der Waals surface area contributed by atoms with Crippen molar-refractivity contribution in [2.75, 3.05) is 0 Å². The predicted molar refractivity (Wildman–Crippen MR) is 37.2 cm³/mol. The molecule has 2 aromatic heterocycles. The van der Waals surface area contributed by atoms with Gasteiger partial charge in [-0.2, -0.15) is 4.52 Å². The van der Waals surface area contributed by atoms with Crippen LogP contribution in [0.1, 0.15) is 5.56 Å². The molecule has 0 saturated heterocycles. The summed E-state index contributed by atoms with van der Waals surface area (Å²) in [5.74, 6) is 0.0602. The first kappa shape index (κ1) is 6.09. The lowest BCUT2D eigenvalue weighted by Gasteiger charge is -1.95. The van der Waals surface area contributed by atoms with Crippen molar-refractivity contribution in [1.29, 1.82) is 0 Å². The van der Waals surface area contributed by atoms with E-state index >= 15 is 0 Å². The average Bonchev–Trinajstić information content (AvgIpc) is 2.34. The van der Waals surface area contributed by atoms with Crippen LogP contribution in [0.3, 0.4) is 0 Å². The molecule has 0 amide bonds.